The zero-order valence-corrected chi connectivity index (χ0v) is 14.7. The first-order valence-electron chi connectivity index (χ1n) is 8.00. The van der Waals surface area contributed by atoms with E-state index in [1.165, 1.54) is 21.2 Å². The lowest BCUT2D eigenvalue weighted by molar-refractivity contribution is 0.140. The van der Waals surface area contributed by atoms with Crippen LogP contribution in [-0.4, -0.2) is 23.7 Å². The number of hydrogen-bond acceptors (Lipinski definition) is 3. The predicted octanol–water partition coefficient (Wildman–Crippen LogP) is 5.37. The fourth-order valence-corrected chi connectivity index (χ4v) is 4.49. The zero-order chi connectivity index (χ0) is 15.7. The minimum absolute atomic E-state index is 0.0727. The summed E-state index contributed by atoms with van der Waals surface area (Å²) in [5.41, 5.74) is 2.54. The van der Waals surface area contributed by atoms with E-state index >= 15 is 0 Å². The lowest BCUT2D eigenvalue weighted by Gasteiger charge is -2.49. The van der Waals surface area contributed by atoms with Gasteiger partial charge in [0.25, 0.3) is 0 Å². The van der Waals surface area contributed by atoms with Gasteiger partial charge in [-0.05, 0) is 51.2 Å². The highest BCUT2D eigenvalue weighted by Crippen LogP contribution is 2.51. The van der Waals surface area contributed by atoms with Gasteiger partial charge in [0.2, 0.25) is 0 Å². The van der Waals surface area contributed by atoms with Gasteiger partial charge in [-0.1, -0.05) is 49.9 Å². The van der Waals surface area contributed by atoms with Gasteiger partial charge in [-0.15, -0.1) is 0 Å². The van der Waals surface area contributed by atoms with Gasteiger partial charge in [-0.25, -0.2) is 0 Å². The monoisotopic (exact) mass is 312 g/mol. The molecule has 1 aliphatic heterocycles. The van der Waals surface area contributed by atoms with Crippen LogP contribution in [0.3, 0.4) is 0 Å². The summed E-state index contributed by atoms with van der Waals surface area (Å²) >= 11 is 1.87. The van der Waals surface area contributed by atoms with Crippen LogP contribution in [0.5, 0.6) is 0 Å². The van der Waals surface area contributed by atoms with E-state index in [-0.39, 0.29) is 5.66 Å². The lowest BCUT2D eigenvalue weighted by atomic mass is 10.1. The van der Waals surface area contributed by atoms with Crippen molar-refractivity contribution in [3.63, 3.8) is 0 Å². The second-order valence-corrected chi connectivity index (χ2v) is 7.12. The van der Waals surface area contributed by atoms with Gasteiger partial charge in [0.1, 0.15) is 0 Å². The second-order valence-electron chi connectivity index (χ2n) is 6.04. The van der Waals surface area contributed by atoms with Crippen molar-refractivity contribution in [2.24, 2.45) is 0 Å². The molecular formula is C19H24N2S. The second kappa shape index (κ2) is 5.98. The summed E-state index contributed by atoms with van der Waals surface area (Å²) in [7, 11) is 0. The molecule has 2 aromatic rings. The Bertz CT molecular complexity index is 616. The number of fused-ring (bicyclic) bond motifs is 2. The van der Waals surface area contributed by atoms with Crippen LogP contribution in [0.4, 0.5) is 11.4 Å². The Hall–Kier alpha value is -1.45. The van der Waals surface area contributed by atoms with Gasteiger partial charge < -0.3 is 4.90 Å². The SMILES string of the molecule is CCN(CC)C(C)(C)N1c2ccccc2Sc2ccccc21. The Morgan fingerprint density at radius 2 is 1.32 bits per heavy atom. The highest BCUT2D eigenvalue weighted by Gasteiger charge is 2.37. The summed E-state index contributed by atoms with van der Waals surface area (Å²) in [6.07, 6.45) is 0. The van der Waals surface area contributed by atoms with Crippen molar-refractivity contribution in [3.8, 4) is 0 Å². The molecule has 116 valence electrons. The number of para-hydroxylation sites is 2. The van der Waals surface area contributed by atoms with Crippen LogP contribution in [0.1, 0.15) is 27.7 Å². The summed E-state index contributed by atoms with van der Waals surface area (Å²) in [5, 5.41) is 0. The fraction of sp³-hybridized carbons (Fsp3) is 0.368. The van der Waals surface area contributed by atoms with Crippen molar-refractivity contribution >= 4 is 23.1 Å². The molecule has 0 saturated carbocycles. The van der Waals surface area contributed by atoms with Gasteiger partial charge in [0.15, 0.2) is 0 Å². The molecule has 0 aliphatic carbocycles. The van der Waals surface area contributed by atoms with Gasteiger partial charge in [0.05, 0.1) is 17.0 Å². The molecule has 0 bridgehead atoms. The normalized spacial score (nSPS) is 14.0. The molecular weight excluding hydrogens is 288 g/mol. The molecule has 0 N–H and O–H groups in total. The molecule has 0 fully saturated rings. The maximum Gasteiger partial charge on any atom is 0.0925 e. The average molecular weight is 312 g/mol. The lowest BCUT2D eigenvalue weighted by Crippen LogP contribution is -2.55. The Morgan fingerprint density at radius 1 is 0.864 bits per heavy atom. The van der Waals surface area contributed by atoms with Crippen LogP contribution >= 0.6 is 11.8 Å². The van der Waals surface area contributed by atoms with Crippen molar-refractivity contribution in [3.05, 3.63) is 48.5 Å². The van der Waals surface area contributed by atoms with E-state index in [9.17, 15) is 0 Å². The summed E-state index contributed by atoms with van der Waals surface area (Å²) in [5.74, 6) is 0. The van der Waals surface area contributed by atoms with Crippen molar-refractivity contribution in [2.45, 2.75) is 43.1 Å². The van der Waals surface area contributed by atoms with Gasteiger partial charge >= 0.3 is 0 Å². The number of nitrogens with zero attached hydrogens (tertiary/aromatic N) is 2. The zero-order valence-electron chi connectivity index (χ0n) is 13.8. The van der Waals surface area contributed by atoms with E-state index < -0.39 is 0 Å². The van der Waals surface area contributed by atoms with Crippen LogP contribution in [0, 0.1) is 0 Å². The summed E-state index contributed by atoms with van der Waals surface area (Å²) in [6.45, 7) is 11.2. The standard InChI is InChI=1S/C19H24N2S/c1-5-20(6-2)19(3,4)21-15-11-7-9-13-17(15)22-18-14-10-8-12-16(18)21/h7-14H,5-6H2,1-4H3. The Balaban J connectivity index is 2.18. The number of rotatable bonds is 4. The van der Waals surface area contributed by atoms with Crippen molar-refractivity contribution in [1.29, 1.82) is 0 Å². The quantitative estimate of drug-likeness (QED) is 0.749. The third kappa shape index (κ3) is 2.42. The van der Waals surface area contributed by atoms with Gasteiger partial charge in [0, 0.05) is 9.79 Å². The Kier molecular flexibility index (Phi) is 4.20. The van der Waals surface area contributed by atoms with Crippen LogP contribution in [-0.2, 0) is 0 Å². The maximum atomic E-state index is 2.51. The molecule has 1 heterocycles. The maximum absolute atomic E-state index is 2.51. The van der Waals surface area contributed by atoms with E-state index in [1.807, 2.05) is 11.8 Å². The minimum atomic E-state index is -0.0727. The minimum Gasteiger partial charge on any atom is -0.321 e. The molecule has 0 aromatic heterocycles. The third-order valence-corrected chi connectivity index (χ3v) is 5.65. The molecule has 22 heavy (non-hydrogen) atoms. The Morgan fingerprint density at radius 3 is 1.77 bits per heavy atom. The van der Waals surface area contributed by atoms with Gasteiger partial charge in [-0.2, -0.15) is 0 Å². The first kappa shape index (κ1) is 15.4. The van der Waals surface area contributed by atoms with E-state index in [0.717, 1.165) is 13.1 Å². The van der Waals surface area contributed by atoms with Crippen LogP contribution in [0.25, 0.3) is 0 Å². The molecule has 0 saturated heterocycles. The van der Waals surface area contributed by atoms with Crippen molar-refractivity contribution in [1.82, 2.24) is 4.90 Å². The first-order chi connectivity index (χ1) is 10.6. The molecule has 3 rings (SSSR count). The summed E-state index contributed by atoms with van der Waals surface area (Å²) < 4.78 is 0. The number of anilines is 2. The van der Waals surface area contributed by atoms with E-state index in [2.05, 4.69) is 86.0 Å². The average Bonchev–Trinajstić information content (AvgIpc) is 2.53. The van der Waals surface area contributed by atoms with E-state index in [1.54, 1.807) is 0 Å². The summed E-state index contributed by atoms with van der Waals surface area (Å²) in [4.78, 5) is 7.68. The third-order valence-electron chi connectivity index (χ3n) is 4.52. The van der Waals surface area contributed by atoms with Crippen LogP contribution in [0.2, 0.25) is 0 Å². The number of benzene rings is 2. The van der Waals surface area contributed by atoms with E-state index in [0.29, 0.717) is 0 Å². The molecule has 0 atom stereocenters. The predicted molar refractivity (Wildman–Crippen MR) is 96.1 cm³/mol. The van der Waals surface area contributed by atoms with Crippen molar-refractivity contribution in [2.75, 3.05) is 18.0 Å². The molecule has 0 amide bonds. The van der Waals surface area contributed by atoms with Crippen LogP contribution in [0.15, 0.2) is 58.3 Å². The number of hydrogen-bond donors (Lipinski definition) is 0. The first-order valence-corrected chi connectivity index (χ1v) is 8.82. The van der Waals surface area contributed by atoms with E-state index in [4.69, 9.17) is 0 Å². The highest BCUT2D eigenvalue weighted by atomic mass is 32.2. The molecule has 3 heteroatoms. The highest BCUT2D eigenvalue weighted by molar-refractivity contribution is 7.99. The largest absolute Gasteiger partial charge is 0.321 e. The molecule has 2 aromatic carbocycles. The molecule has 0 radical (unpaired) electrons. The Labute approximate surface area is 138 Å². The molecule has 0 unspecified atom stereocenters. The van der Waals surface area contributed by atoms with Crippen molar-refractivity contribution < 1.29 is 0 Å². The molecule has 0 spiro atoms. The fourth-order valence-electron chi connectivity index (χ4n) is 3.43. The molecule has 1 aliphatic rings. The smallest absolute Gasteiger partial charge is 0.0925 e. The van der Waals surface area contributed by atoms with Gasteiger partial charge in [-0.3, -0.25) is 4.90 Å². The molecule has 2 nitrogen and oxygen atoms in total. The summed E-state index contributed by atoms with van der Waals surface area (Å²) in [6, 6.07) is 17.5. The van der Waals surface area contributed by atoms with Crippen LogP contribution < -0.4 is 4.90 Å². The topological polar surface area (TPSA) is 6.48 Å².